The highest BCUT2D eigenvalue weighted by Crippen LogP contribution is 2.18. The maximum Gasteiger partial charge on any atom is 0.231 e. The molecular formula is C11H18ClN5O2S. The zero-order chi connectivity index (χ0) is 14.6. The molecule has 2 rings (SSSR count). The molecule has 0 bridgehead atoms. The Morgan fingerprint density at radius 1 is 1.25 bits per heavy atom. The first-order valence-electron chi connectivity index (χ1n) is 6.52. The monoisotopic (exact) mass is 319 g/mol. The molecule has 9 heteroatoms. The molecule has 1 aromatic heterocycles. The number of nitrogens with zero attached hydrogens (tertiary/aromatic N) is 4. The fraction of sp³-hybridized carbons (Fsp3) is 0.727. The average molecular weight is 320 g/mol. The van der Waals surface area contributed by atoms with Gasteiger partial charge in [0.2, 0.25) is 17.2 Å². The van der Waals surface area contributed by atoms with E-state index in [1.807, 2.05) is 0 Å². The van der Waals surface area contributed by atoms with Crippen LogP contribution in [0.15, 0.2) is 0 Å². The standard InChI is InChI=1S/C11H18ClN5O2S/c1-20(18,19)8-4-5-13-10-14-9(12)15-11(16-10)17-6-2-3-7-17/h2-8H2,1H3,(H,13,14,15,16). The molecule has 0 saturated carbocycles. The first-order chi connectivity index (χ1) is 9.44. The fourth-order valence-corrected chi connectivity index (χ4v) is 2.84. The molecule has 1 aromatic rings. The van der Waals surface area contributed by atoms with Crippen LogP contribution >= 0.6 is 11.6 Å². The second kappa shape index (κ2) is 6.53. The molecule has 0 aromatic carbocycles. The van der Waals surface area contributed by atoms with Crippen LogP contribution in [0.3, 0.4) is 0 Å². The molecule has 1 saturated heterocycles. The molecule has 0 amide bonds. The summed E-state index contributed by atoms with van der Waals surface area (Å²) in [5.74, 6) is 1.10. The zero-order valence-electron chi connectivity index (χ0n) is 11.3. The Kier molecular flexibility index (Phi) is 4.98. The minimum absolute atomic E-state index is 0.137. The summed E-state index contributed by atoms with van der Waals surface area (Å²) in [6, 6.07) is 0. The van der Waals surface area contributed by atoms with Crippen molar-refractivity contribution < 1.29 is 8.42 Å². The van der Waals surface area contributed by atoms with Crippen molar-refractivity contribution in [1.29, 1.82) is 0 Å². The van der Waals surface area contributed by atoms with Gasteiger partial charge >= 0.3 is 0 Å². The highest BCUT2D eigenvalue weighted by molar-refractivity contribution is 7.90. The van der Waals surface area contributed by atoms with Crippen LogP contribution in [0.1, 0.15) is 19.3 Å². The van der Waals surface area contributed by atoms with Crippen molar-refractivity contribution >= 4 is 33.3 Å². The van der Waals surface area contributed by atoms with Gasteiger partial charge in [-0.3, -0.25) is 0 Å². The van der Waals surface area contributed by atoms with Crippen LogP contribution in [0.2, 0.25) is 5.28 Å². The minimum Gasteiger partial charge on any atom is -0.354 e. The Morgan fingerprint density at radius 2 is 1.95 bits per heavy atom. The number of halogens is 1. The first-order valence-corrected chi connectivity index (χ1v) is 8.96. The summed E-state index contributed by atoms with van der Waals surface area (Å²) in [5.41, 5.74) is 0. The third-order valence-corrected chi connectivity index (χ3v) is 4.16. The number of anilines is 2. The van der Waals surface area contributed by atoms with Gasteiger partial charge in [-0.2, -0.15) is 15.0 Å². The largest absolute Gasteiger partial charge is 0.354 e. The Balaban J connectivity index is 1.94. The predicted molar refractivity (Wildman–Crippen MR) is 79.1 cm³/mol. The molecule has 112 valence electrons. The highest BCUT2D eigenvalue weighted by atomic mass is 35.5. The second-order valence-electron chi connectivity index (χ2n) is 4.83. The van der Waals surface area contributed by atoms with Crippen LogP contribution in [-0.4, -0.2) is 55.0 Å². The molecular weight excluding hydrogens is 302 g/mol. The molecule has 0 aliphatic carbocycles. The maximum absolute atomic E-state index is 11.0. The van der Waals surface area contributed by atoms with E-state index in [9.17, 15) is 8.42 Å². The average Bonchev–Trinajstić information content (AvgIpc) is 2.86. The molecule has 0 atom stereocenters. The van der Waals surface area contributed by atoms with Crippen molar-refractivity contribution in [2.24, 2.45) is 0 Å². The van der Waals surface area contributed by atoms with Gasteiger partial charge in [0, 0.05) is 25.9 Å². The number of nitrogens with one attached hydrogen (secondary N) is 1. The molecule has 2 heterocycles. The molecule has 0 radical (unpaired) electrons. The Bertz CT molecular complexity index is 560. The molecule has 1 aliphatic heterocycles. The number of sulfone groups is 1. The summed E-state index contributed by atoms with van der Waals surface area (Å²) in [4.78, 5) is 14.5. The number of aromatic nitrogens is 3. The highest BCUT2D eigenvalue weighted by Gasteiger charge is 2.16. The lowest BCUT2D eigenvalue weighted by Crippen LogP contribution is -2.22. The Hall–Kier alpha value is -1.15. The third kappa shape index (κ3) is 4.75. The van der Waals surface area contributed by atoms with Gasteiger partial charge in [-0.15, -0.1) is 0 Å². The topological polar surface area (TPSA) is 88.1 Å². The van der Waals surface area contributed by atoms with Crippen molar-refractivity contribution in [3.63, 3.8) is 0 Å². The minimum atomic E-state index is -2.94. The van der Waals surface area contributed by atoms with Crippen LogP contribution in [0.25, 0.3) is 0 Å². The molecule has 0 unspecified atom stereocenters. The van der Waals surface area contributed by atoms with E-state index >= 15 is 0 Å². The van der Waals surface area contributed by atoms with E-state index in [0.717, 1.165) is 25.9 Å². The quantitative estimate of drug-likeness (QED) is 0.782. The van der Waals surface area contributed by atoms with Crippen LogP contribution in [0, 0.1) is 0 Å². The van der Waals surface area contributed by atoms with Crippen LogP contribution < -0.4 is 10.2 Å². The number of hydrogen-bond acceptors (Lipinski definition) is 7. The van der Waals surface area contributed by atoms with Crippen molar-refractivity contribution in [3.05, 3.63) is 5.28 Å². The van der Waals surface area contributed by atoms with E-state index in [1.54, 1.807) is 0 Å². The molecule has 1 fully saturated rings. The van der Waals surface area contributed by atoms with Gasteiger partial charge < -0.3 is 10.2 Å². The lowest BCUT2D eigenvalue weighted by atomic mass is 10.4. The van der Waals surface area contributed by atoms with E-state index in [0.29, 0.717) is 24.9 Å². The summed E-state index contributed by atoms with van der Waals surface area (Å²) >= 11 is 5.89. The van der Waals surface area contributed by atoms with Crippen molar-refractivity contribution in [2.75, 3.05) is 41.9 Å². The molecule has 1 N–H and O–H groups in total. The number of rotatable bonds is 6. The summed E-state index contributed by atoms with van der Waals surface area (Å²) in [7, 11) is -2.94. The van der Waals surface area contributed by atoms with Gasteiger partial charge in [0.25, 0.3) is 0 Å². The van der Waals surface area contributed by atoms with Crippen molar-refractivity contribution in [2.45, 2.75) is 19.3 Å². The van der Waals surface area contributed by atoms with Gasteiger partial charge in [0.1, 0.15) is 9.84 Å². The van der Waals surface area contributed by atoms with Gasteiger partial charge in [-0.05, 0) is 30.9 Å². The van der Waals surface area contributed by atoms with Crippen molar-refractivity contribution in [3.8, 4) is 0 Å². The summed E-state index contributed by atoms with van der Waals surface area (Å²) in [6.45, 7) is 2.33. The Morgan fingerprint density at radius 3 is 2.60 bits per heavy atom. The van der Waals surface area contributed by atoms with E-state index in [-0.39, 0.29) is 11.0 Å². The van der Waals surface area contributed by atoms with E-state index in [1.165, 1.54) is 6.26 Å². The SMILES string of the molecule is CS(=O)(=O)CCCNc1nc(Cl)nc(N2CCCC2)n1. The van der Waals surface area contributed by atoms with Crippen LogP contribution in [0.4, 0.5) is 11.9 Å². The van der Waals surface area contributed by atoms with Crippen LogP contribution in [0.5, 0.6) is 0 Å². The fourth-order valence-electron chi connectivity index (χ4n) is 2.01. The zero-order valence-corrected chi connectivity index (χ0v) is 12.9. The van der Waals surface area contributed by atoms with Crippen molar-refractivity contribution in [1.82, 2.24) is 15.0 Å². The van der Waals surface area contributed by atoms with Gasteiger partial charge in [0.15, 0.2) is 0 Å². The van der Waals surface area contributed by atoms with Gasteiger partial charge in [-0.25, -0.2) is 8.42 Å². The smallest absolute Gasteiger partial charge is 0.231 e. The van der Waals surface area contributed by atoms with Crippen LogP contribution in [-0.2, 0) is 9.84 Å². The summed E-state index contributed by atoms with van der Waals surface area (Å²) < 4.78 is 22.1. The summed E-state index contributed by atoms with van der Waals surface area (Å²) in [6.07, 6.45) is 3.97. The maximum atomic E-state index is 11.0. The number of hydrogen-bond donors (Lipinski definition) is 1. The predicted octanol–water partition coefficient (Wildman–Crippen LogP) is 0.972. The van der Waals surface area contributed by atoms with E-state index in [2.05, 4.69) is 25.2 Å². The summed E-state index contributed by atoms with van der Waals surface area (Å²) in [5, 5.41) is 3.13. The first kappa shape index (κ1) is 15.2. The molecule has 7 nitrogen and oxygen atoms in total. The third-order valence-electron chi connectivity index (χ3n) is 2.96. The lowest BCUT2D eigenvalue weighted by molar-refractivity contribution is 0.600. The van der Waals surface area contributed by atoms with E-state index < -0.39 is 9.84 Å². The van der Waals surface area contributed by atoms with Gasteiger partial charge in [-0.1, -0.05) is 0 Å². The second-order valence-corrected chi connectivity index (χ2v) is 7.43. The Labute approximate surface area is 123 Å². The lowest BCUT2D eigenvalue weighted by Gasteiger charge is -2.15. The molecule has 20 heavy (non-hydrogen) atoms. The molecule has 0 spiro atoms. The normalized spacial score (nSPS) is 15.6. The van der Waals surface area contributed by atoms with E-state index in [4.69, 9.17) is 11.6 Å². The molecule has 1 aliphatic rings. The van der Waals surface area contributed by atoms with Gasteiger partial charge in [0.05, 0.1) is 5.75 Å².